The highest BCUT2D eigenvalue weighted by Gasteiger charge is 2.34. The van der Waals surface area contributed by atoms with Crippen LogP contribution in [0, 0.1) is 0 Å². The zero-order valence-corrected chi connectivity index (χ0v) is 39.1. The Labute approximate surface area is 393 Å². The van der Waals surface area contributed by atoms with Crippen LogP contribution in [-0.4, -0.2) is 109 Å². The molecular formula is C49H47N7O10S2. The molecule has 5 heterocycles. The van der Waals surface area contributed by atoms with E-state index in [0.717, 1.165) is 22.3 Å². The maximum atomic E-state index is 13.9. The highest BCUT2D eigenvalue weighted by atomic mass is 32.2. The number of sulfonamides is 2. The van der Waals surface area contributed by atoms with Gasteiger partial charge in [-0.3, -0.25) is 24.6 Å². The Morgan fingerprint density at radius 3 is 1.38 bits per heavy atom. The van der Waals surface area contributed by atoms with Crippen LogP contribution in [0.3, 0.4) is 0 Å². The average Bonchev–Trinajstić information content (AvgIpc) is 3.59. The molecule has 0 saturated carbocycles. The highest BCUT2D eigenvalue weighted by Crippen LogP contribution is 2.41. The molecule has 17 nitrogen and oxygen atoms in total. The van der Waals surface area contributed by atoms with Gasteiger partial charge in [-0.1, -0.05) is 42.5 Å². The van der Waals surface area contributed by atoms with Crippen molar-refractivity contribution in [2.45, 2.75) is 47.9 Å². The van der Waals surface area contributed by atoms with Crippen LogP contribution in [0.5, 0.6) is 23.0 Å². The van der Waals surface area contributed by atoms with Crippen molar-refractivity contribution in [3.8, 4) is 23.0 Å². The summed E-state index contributed by atoms with van der Waals surface area (Å²) in [7, 11) is -1.40. The Hall–Kier alpha value is -7.19. The van der Waals surface area contributed by atoms with Gasteiger partial charge in [0.05, 0.1) is 70.0 Å². The van der Waals surface area contributed by atoms with E-state index in [1.165, 1.54) is 28.3 Å². The number of aromatic nitrogens is 1. The molecule has 9 rings (SSSR count). The van der Waals surface area contributed by atoms with Crippen LogP contribution in [0.25, 0.3) is 11.1 Å². The van der Waals surface area contributed by atoms with E-state index in [1.54, 1.807) is 95.0 Å². The number of nitrogens with one attached hydrogen (secondary N) is 2. The maximum absolute atomic E-state index is 13.9. The van der Waals surface area contributed by atoms with Gasteiger partial charge >= 0.3 is 0 Å². The van der Waals surface area contributed by atoms with Gasteiger partial charge in [0.15, 0.2) is 23.0 Å². The van der Waals surface area contributed by atoms with Crippen LogP contribution in [0.4, 0.5) is 11.4 Å². The van der Waals surface area contributed by atoms with E-state index in [0.29, 0.717) is 82.8 Å². The van der Waals surface area contributed by atoms with Crippen molar-refractivity contribution in [1.29, 1.82) is 0 Å². The molecular weight excluding hydrogens is 911 g/mol. The molecule has 1 aromatic heterocycles. The van der Waals surface area contributed by atoms with E-state index in [2.05, 4.69) is 9.44 Å². The molecule has 0 aliphatic carbocycles. The summed E-state index contributed by atoms with van der Waals surface area (Å²) in [5.74, 6) is 1.05. The lowest BCUT2D eigenvalue weighted by Crippen LogP contribution is -2.43. The maximum Gasteiger partial charge on any atom is 0.257 e. The van der Waals surface area contributed by atoms with Gasteiger partial charge in [-0.05, 0) is 97.7 Å². The Balaban J connectivity index is 0.856. The van der Waals surface area contributed by atoms with E-state index in [1.807, 2.05) is 30.4 Å². The standard InChI is InChI=1S/C49H47N7O10S2/c1-50-67(59,60)38-12-8-30(9-13-38)32-16-18-55-36(20-32)26-52-42-24-46(44(63-3)22-40(42)48(55)57)65-28-34-6-5-7-35(54-34)29-66-47-25-43-41(23-45(47)64-4)49(58)56-19-17-33(21-37(56)27-53-43)31-10-14-39(15-11-31)68(61,62)51-2/h5-17,22-27,36-37,50-51H,18-21,28-29H2,1-4H3/t36-,37?/m0/s1. The fourth-order valence-electron chi connectivity index (χ4n) is 8.50. The number of rotatable bonds is 14. The number of hydrogen-bond acceptors (Lipinski definition) is 13. The van der Waals surface area contributed by atoms with Crippen molar-refractivity contribution < 1.29 is 45.4 Å². The van der Waals surface area contributed by atoms with Gasteiger partial charge in [0, 0.05) is 37.7 Å². The smallest absolute Gasteiger partial charge is 0.257 e. The van der Waals surface area contributed by atoms with Crippen molar-refractivity contribution in [2.24, 2.45) is 9.98 Å². The van der Waals surface area contributed by atoms with E-state index in [4.69, 9.17) is 33.9 Å². The number of amides is 2. The molecule has 4 aliphatic heterocycles. The number of carbonyl (C=O) groups excluding carboxylic acids is 2. The zero-order chi connectivity index (χ0) is 47.7. The monoisotopic (exact) mass is 957 g/mol. The molecule has 2 N–H and O–H groups in total. The first kappa shape index (κ1) is 45.9. The highest BCUT2D eigenvalue weighted by molar-refractivity contribution is 7.89. The van der Waals surface area contributed by atoms with E-state index in [-0.39, 0.29) is 46.9 Å². The summed E-state index contributed by atoms with van der Waals surface area (Å²) >= 11 is 0. The number of methoxy groups -OCH3 is 2. The Morgan fingerprint density at radius 2 is 1.00 bits per heavy atom. The van der Waals surface area contributed by atoms with Crippen LogP contribution in [-0.2, 0) is 33.3 Å². The third-order valence-electron chi connectivity index (χ3n) is 12.3. The second-order valence-corrected chi connectivity index (χ2v) is 19.9. The quantitative estimate of drug-likeness (QED) is 0.130. The summed E-state index contributed by atoms with van der Waals surface area (Å²) in [4.78, 5) is 45.9. The molecule has 1 unspecified atom stereocenters. The van der Waals surface area contributed by atoms with Gasteiger partial charge in [-0.2, -0.15) is 0 Å². The van der Waals surface area contributed by atoms with Crippen molar-refractivity contribution in [1.82, 2.24) is 24.2 Å². The number of carbonyl (C=O) groups is 2. The third kappa shape index (κ3) is 9.12. The molecule has 0 fully saturated rings. The van der Waals surface area contributed by atoms with Crippen molar-refractivity contribution in [2.75, 3.05) is 41.4 Å². The largest absolute Gasteiger partial charge is 0.493 e. The van der Waals surface area contributed by atoms with E-state index in [9.17, 15) is 26.4 Å². The number of hydrogen-bond donors (Lipinski definition) is 2. The van der Waals surface area contributed by atoms with E-state index < -0.39 is 20.0 Å². The molecule has 68 heavy (non-hydrogen) atoms. The second kappa shape index (κ2) is 18.8. The minimum Gasteiger partial charge on any atom is -0.493 e. The SMILES string of the molecule is CNS(=O)(=O)c1ccc(C2=CCN3C(=O)c4cc(OC)c(OCc5cccc(COc6cc7c(cc6OC)C(=O)N6CC=C(c8ccc(S(=O)(=O)NC)cc8)C[C@H]6C=N7)n5)cc4N=CC3C2)cc1. The normalized spacial score (nSPS) is 17.7. The fourth-order valence-corrected chi connectivity index (χ4v) is 9.96. The van der Waals surface area contributed by atoms with Gasteiger partial charge in [0.2, 0.25) is 20.0 Å². The first-order valence-electron chi connectivity index (χ1n) is 21.6. The third-order valence-corrected chi connectivity index (χ3v) is 15.1. The lowest BCUT2D eigenvalue weighted by molar-refractivity contribution is 0.0740. The van der Waals surface area contributed by atoms with Crippen LogP contribution in [0.1, 0.15) is 56.1 Å². The summed E-state index contributed by atoms with van der Waals surface area (Å²) in [5, 5.41) is 0. The molecule has 2 amide bonds. The first-order valence-corrected chi connectivity index (χ1v) is 24.6. The number of nitrogens with zero attached hydrogens (tertiary/aromatic N) is 5. The first-order chi connectivity index (χ1) is 32.8. The molecule has 0 radical (unpaired) electrons. The molecule has 4 aliphatic rings. The van der Waals surface area contributed by atoms with Crippen LogP contribution < -0.4 is 28.4 Å². The number of fused-ring (bicyclic) bond motifs is 4. The second-order valence-electron chi connectivity index (χ2n) is 16.2. The van der Waals surface area contributed by atoms with E-state index >= 15 is 0 Å². The molecule has 0 bridgehead atoms. The van der Waals surface area contributed by atoms with Gasteiger partial charge in [-0.15, -0.1) is 0 Å². The Kier molecular flexibility index (Phi) is 12.7. The molecule has 5 aromatic rings. The van der Waals surface area contributed by atoms with Crippen molar-refractivity contribution in [3.63, 3.8) is 0 Å². The predicted molar refractivity (Wildman–Crippen MR) is 255 cm³/mol. The summed E-state index contributed by atoms with van der Waals surface area (Å²) in [6.07, 6.45) is 8.45. The van der Waals surface area contributed by atoms with Gasteiger partial charge in [0.1, 0.15) is 13.2 Å². The molecule has 4 aromatic carbocycles. The number of ether oxygens (including phenoxy) is 4. The Bertz CT molecular complexity index is 2960. The summed E-state index contributed by atoms with van der Waals surface area (Å²) in [6.45, 7) is 0.807. The number of benzene rings is 4. The summed E-state index contributed by atoms with van der Waals surface area (Å²) in [5.41, 5.74) is 6.50. The fraction of sp³-hybridized carbons (Fsp3) is 0.245. The van der Waals surface area contributed by atoms with Crippen LogP contribution >= 0.6 is 0 Å². The molecule has 0 spiro atoms. The van der Waals surface area contributed by atoms with Gasteiger partial charge in [0.25, 0.3) is 11.8 Å². The van der Waals surface area contributed by atoms with Crippen molar-refractivity contribution in [3.05, 3.63) is 137 Å². The number of pyridine rings is 1. The minimum absolute atomic E-state index is 0.0634. The van der Waals surface area contributed by atoms with Gasteiger partial charge < -0.3 is 28.7 Å². The zero-order valence-electron chi connectivity index (χ0n) is 37.5. The lowest BCUT2D eigenvalue weighted by Gasteiger charge is -2.32. The van der Waals surface area contributed by atoms with Gasteiger partial charge in [-0.25, -0.2) is 26.3 Å². The molecule has 2 atom stereocenters. The lowest BCUT2D eigenvalue weighted by atomic mass is 9.94. The topological polar surface area (TPSA) is 207 Å². The molecule has 0 saturated heterocycles. The average molecular weight is 958 g/mol. The number of aliphatic imine (C=N–C) groups is 2. The molecule has 19 heteroatoms. The minimum atomic E-state index is -3.57. The summed E-state index contributed by atoms with van der Waals surface area (Å²) < 4.78 is 77.4. The summed E-state index contributed by atoms with van der Waals surface area (Å²) in [6, 6.07) is 24.8. The van der Waals surface area contributed by atoms with Crippen LogP contribution in [0.2, 0.25) is 0 Å². The predicted octanol–water partition coefficient (Wildman–Crippen LogP) is 6.10. The molecule has 350 valence electrons. The Morgan fingerprint density at radius 1 is 0.588 bits per heavy atom. The van der Waals surface area contributed by atoms with Crippen LogP contribution in [0.15, 0.2) is 123 Å². The van der Waals surface area contributed by atoms with Crippen molar-refractivity contribution >= 4 is 66.8 Å².